The number of fused-ring (bicyclic) bond motifs is 1. The third kappa shape index (κ3) is 2.40. The number of piperidine rings is 1. The molecule has 2 aliphatic rings. The minimum atomic E-state index is 0.698. The van der Waals surface area contributed by atoms with E-state index in [-0.39, 0.29) is 0 Å². The third-order valence-corrected chi connectivity index (χ3v) is 4.06. The molecule has 1 fully saturated rings. The molecule has 0 spiro atoms. The Labute approximate surface area is 110 Å². The van der Waals surface area contributed by atoms with E-state index in [1.54, 1.807) is 0 Å². The molecule has 0 bridgehead atoms. The van der Waals surface area contributed by atoms with Crippen LogP contribution in [0.4, 0.5) is 0 Å². The Morgan fingerprint density at radius 1 is 1.24 bits per heavy atom. The predicted molar refractivity (Wildman–Crippen MR) is 73.2 cm³/mol. The van der Waals surface area contributed by atoms with Crippen LogP contribution in [0.2, 0.25) is 0 Å². The van der Waals surface area contributed by atoms with Crippen molar-refractivity contribution in [1.82, 2.24) is 5.32 Å². The minimum absolute atomic E-state index is 0.698. The summed E-state index contributed by atoms with van der Waals surface area (Å²) in [4.78, 5) is 0. The Kier molecular flexibility index (Phi) is 3.21. The van der Waals surface area contributed by atoms with E-state index in [0.717, 1.165) is 29.9 Å². The van der Waals surface area contributed by atoms with Crippen molar-refractivity contribution in [3.8, 4) is 5.75 Å². The molecule has 0 unspecified atom stereocenters. The highest BCUT2D eigenvalue weighted by Crippen LogP contribution is 2.33. The molecule has 2 heterocycles. The molecule has 0 amide bonds. The monoisotopic (exact) mass is 293 g/mol. The van der Waals surface area contributed by atoms with Gasteiger partial charge >= 0.3 is 0 Å². The van der Waals surface area contributed by atoms with Crippen LogP contribution in [0.15, 0.2) is 28.2 Å². The summed E-state index contributed by atoms with van der Waals surface area (Å²) in [5.74, 6) is 1.70. The van der Waals surface area contributed by atoms with Gasteiger partial charge in [0.1, 0.15) is 12.4 Å². The topological polar surface area (TPSA) is 21.3 Å². The van der Waals surface area contributed by atoms with Crippen molar-refractivity contribution >= 4 is 22.0 Å². The molecule has 3 rings (SSSR count). The molecular weight excluding hydrogens is 278 g/mol. The fourth-order valence-electron chi connectivity index (χ4n) is 2.59. The van der Waals surface area contributed by atoms with Crippen molar-refractivity contribution < 1.29 is 4.74 Å². The van der Waals surface area contributed by atoms with E-state index in [9.17, 15) is 0 Å². The lowest BCUT2D eigenvalue weighted by atomic mass is 9.88. The molecule has 0 radical (unpaired) electrons. The van der Waals surface area contributed by atoms with Crippen molar-refractivity contribution in [2.24, 2.45) is 5.92 Å². The van der Waals surface area contributed by atoms with Gasteiger partial charge in [-0.15, -0.1) is 0 Å². The first-order valence-electron chi connectivity index (χ1n) is 6.16. The molecule has 90 valence electrons. The van der Waals surface area contributed by atoms with Gasteiger partial charge in [0.2, 0.25) is 0 Å². The van der Waals surface area contributed by atoms with Gasteiger partial charge < -0.3 is 10.1 Å². The van der Waals surface area contributed by atoms with E-state index in [2.05, 4.69) is 33.4 Å². The van der Waals surface area contributed by atoms with Crippen LogP contribution in [-0.4, -0.2) is 19.7 Å². The van der Waals surface area contributed by atoms with Gasteiger partial charge in [-0.25, -0.2) is 0 Å². The van der Waals surface area contributed by atoms with Gasteiger partial charge in [0.25, 0.3) is 0 Å². The van der Waals surface area contributed by atoms with Gasteiger partial charge in [0, 0.05) is 10.0 Å². The van der Waals surface area contributed by atoms with Gasteiger partial charge in [-0.05, 0) is 61.7 Å². The summed E-state index contributed by atoms with van der Waals surface area (Å²) in [6, 6.07) is 6.20. The molecule has 1 aromatic carbocycles. The van der Waals surface area contributed by atoms with E-state index in [0.29, 0.717) is 5.92 Å². The summed E-state index contributed by atoms with van der Waals surface area (Å²) in [5, 5.41) is 3.41. The van der Waals surface area contributed by atoms with Gasteiger partial charge in [0.05, 0.1) is 0 Å². The zero-order valence-corrected chi connectivity index (χ0v) is 11.3. The standard InChI is InChI=1S/C14H16BrNO/c15-13-1-2-14-11(8-13)7-12(9-17-14)10-3-5-16-6-4-10/h1-2,7-8,10,16H,3-6,9H2. The molecule has 0 atom stereocenters. The fourth-order valence-corrected chi connectivity index (χ4v) is 2.97. The molecule has 1 saturated heterocycles. The number of ether oxygens (including phenoxy) is 1. The molecule has 0 saturated carbocycles. The second kappa shape index (κ2) is 4.83. The summed E-state index contributed by atoms with van der Waals surface area (Å²) in [5.41, 5.74) is 2.66. The van der Waals surface area contributed by atoms with Gasteiger partial charge in [-0.2, -0.15) is 0 Å². The molecule has 2 nitrogen and oxygen atoms in total. The third-order valence-electron chi connectivity index (χ3n) is 3.57. The second-order valence-corrected chi connectivity index (χ2v) is 5.63. The average molecular weight is 294 g/mol. The first-order valence-corrected chi connectivity index (χ1v) is 6.96. The number of halogens is 1. The van der Waals surface area contributed by atoms with E-state index in [1.165, 1.54) is 24.0 Å². The van der Waals surface area contributed by atoms with Crippen LogP contribution in [-0.2, 0) is 0 Å². The van der Waals surface area contributed by atoms with Crippen molar-refractivity contribution in [2.75, 3.05) is 19.7 Å². The number of rotatable bonds is 1. The molecule has 0 aliphatic carbocycles. The van der Waals surface area contributed by atoms with Crippen LogP contribution in [0, 0.1) is 5.92 Å². The first kappa shape index (κ1) is 11.3. The van der Waals surface area contributed by atoms with E-state index >= 15 is 0 Å². The quantitative estimate of drug-likeness (QED) is 0.858. The lowest BCUT2D eigenvalue weighted by Crippen LogP contribution is -2.30. The Morgan fingerprint density at radius 3 is 2.88 bits per heavy atom. The Balaban J connectivity index is 1.87. The second-order valence-electron chi connectivity index (χ2n) is 4.71. The first-order chi connectivity index (χ1) is 8.33. The normalized spacial score (nSPS) is 20.4. The molecule has 0 aromatic heterocycles. The minimum Gasteiger partial charge on any atom is -0.489 e. The average Bonchev–Trinajstić information content (AvgIpc) is 2.39. The smallest absolute Gasteiger partial charge is 0.127 e. The van der Waals surface area contributed by atoms with Crippen molar-refractivity contribution in [1.29, 1.82) is 0 Å². The highest BCUT2D eigenvalue weighted by atomic mass is 79.9. The molecule has 1 N–H and O–H groups in total. The molecular formula is C14H16BrNO. The summed E-state index contributed by atoms with van der Waals surface area (Å²) in [6.07, 6.45) is 4.79. The highest BCUT2D eigenvalue weighted by Gasteiger charge is 2.21. The van der Waals surface area contributed by atoms with Crippen LogP contribution < -0.4 is 10.1 Å². The number of hydrogen-bond donors (Lipinski definition) is 1. The number of nitrogens with one attached hydrogen (secondary N) is 1. The number of benzene rings is 1. The summed E-state index contributed by atoms with van der Waals surface area (Å²) in [7, 11) is 0. The van der Waals surface area contributed by atoms with Crippen LogP contribution in [0.3, 0.4) is 0 Å². The Morgan fingerprint density at radius 2 is 2.06 bits per heavy atom. The molecule has 17 heavy (non-hydrogen) atoms. The van der Waals surface area contributed by atoms with Gasteiger partial charge in [0.15, 0.2) is 0 Å². The van der Waals surface area contributed by atoms with E-state index in [4.69, 9.17) is 4.74 Å². The Hall–Kier alpha value is -0.800. The fraction of sp³-hybridized carbons (Fsp3) is 0.429. The maximum absolute atomic E-state index is 5.83. The lowest BCUT2D eigenvalue weighted by Gasteiger charge is -2.28. The van der Waals surface area contributed by atoms with Gasteiger partial charge in [-0.1, -0.05) is 15.9 Å². The molecule has 3 heteroatoms. The maximum Gasteiger partial charge on any atom is 0.127 e. The molecule has 2 aliphatic heterocycles. The Bertz CT molecular complexity index is 450. The van der Waals surface area contributed by atoms with Crippen LogP contribution in [0.5, 0.6) is 5.75 Å². The van der Waals surface area contributed by atoms with Crippen molar-refractivity contribution in [3.05, 3.63) is 33.8 Å². The van der Waals surface area contributed by atoms with Crippen LogP contribution >= 0.6 is 15.9 Å². The largest absolute Gasteiger partial charge is 0.489 e. The maximum atomic E-state index is 5.83. The highest BCUT2D eigenvalue weighted by molar-refractivity contribution is 9.10. The van der Waals surface area contributed by atoms with Gasteiger partial charge in [-0.3, -0.25) is 0 Å². The molecule has 1 aromatic rings. The lowest BCUT2D eigenvalue weighted by molar-refractivity contribution is 0.310. The van der Waals surface area contributed by atoms with Crippen molar-refractivity contribution in [3.63, 3.8) is 0 Å². The zero-order chi connectivity index (χ0) is 11.7. The summed E-state index contributed by atoms with van der Waals surface area (Å²) < 4.78 is 6.95. The predicted octanol–water partition coefficient (Wildman–Crippen LogP) is 3.22. The number of hydrogen-bond acceptors (Lipinski definition) is 2. The van der Waals surface area contributed by atoms with Crippen LogP contribution in [0.1, 0.15) is 18.4 Å². The summed E-state index contributed by atoms with van der Waals surface area (Å²) >= 11 is 3.51. The SMILES string of the molecule is Brc1ccc2c(c1)C=C(C1CCNCC1)CO2. The summed E-state index contributed by atoms with van der Waals surface area (Å²) in [6.45, 7) is 3.03. The zero-order valence-electron chi connectivity index (χ0n) is 9.71. The van der Waals surface area contributed by atoms with Crippen LogP contribution in [0.25, 0.3) is 6.08 Å². The van der Waals surface area contributed by atoms with Crippen molar-refractivity contribution in [2.45, 2.75) is 12.8 Å². The van der Waals surface area contributed by atoms with E-state index < -0.39 is 0 Å². The van der Waals surface area contributed by atoms with E-state index in [1.807, 2.05) is 12.1 Å².